The fraction of sp³-hybridized carbons (Fsp3) is 0.0435. The Bertz CT molecular complexity index is 1420. The Labute approximate surface area is 180 Å². The molecule has 5 rings (SSSR count). The van der Waals surface area contributed by atoms with Crippen LogP contribution in [0.3, 0.4) is 0 Å². The number of aromatic nitrogens is 4. The number of ether oxygens (including phenoxy) is 1. The second-order valence-corrected chi connectivity index (χ2v) is 7.62. The number of hydrogen-bond acceptors (Lipinski definition) is 6. The molecule has 0 fully saturated rings. The number of rotatable bonds is 5. The molecular weight excluding hydrogens is 412 g/mol. The first-order chi connectivity index (χ1) is 15.2. The summed E-state index contributed by atoms with van der Waals surface area (Å²) in [5, 5.41) is 6.40. The summed E-state index contributed by atoms with van der Waals surface area (Å²) in [6.07, 6.45) is 1.66. The highest BCUT2D eigenvalue weighted by Gasteiger charge is 2.19. The largest absolute Gasteiger partial charge is 0.454 e. The smallest absolute Gasteiger partial charge is 0.357 e. The van der Waals surface area contributed by atoms with Crippen LogP contribution in [0.1, 0.15) is 16.2 Å². The maximum atomic E-state index is 13.0. The molecule has 0 bridgehead atoms. The van der Waals surface area contributed by atoms with E-state index >= 15 is 0 Å². The number of fused-ring (bicyclic) bond motifs is 1. The van der Waals surface area contributed by atoms with Crippen molar-refractivity contribution >= 4 is 22.3 Å². The normalized spacial score (nSPS) is 11.0. The van der Waals surface area contributed by atoms with Gasteiger partial charge < -0.3 is 4.74 Å². The van der Waals surface area contributed by atoms with Gasteiger partial charge in [-0.05, 0) is 18.2 Å². The number of nitrogens with zero attached hydrogens (tertiary/aromatic N) is 4. The van der Waals surface area contributed by atoms with Gasteiger partial charge in [-0.3, -0.25) is 9.20 Å². The molecule has 7 nitrogen and oxygen atoms in total. The van der Waals surface area contributed by atoms with E-state index in [9.17, 15) is 9.59 Å². The standard InChI is InChI=1S/C23H16N4O3S/c28-21-13-17(24-23-26(21)11-12-31-23)15-30-22(29)20-14-19(16-7-3-1-4-8-16)25-27(20)18-9-5-2-6-10-18/h1-14H,15H2. The van der Waals surface area contributed by atoms with Crippen LogP contribution in [-0.4, -0.2) is 25.1 Å². The number of thiazole rings is 1. The van der Waals surface area contributed by atoms with E-state index in [0.29, 0.717) is 22.0 Å². The van der Waals surface area contributed by atoms with E-state index in [0.717, 1.165) is 11.3 Å². The maximum absolute atomic E-state index is 13.0. The van der Waals surface area contributed by atoms with E-state index in [2.05, 4.69) is 10.1 Å². The van der Waals surface area contributed by atoms with Crippen molar-refractivity contribution in [2.24, 2.45) is 0 Å². The second kappa shape index (κ2) is 8.00. The molecule has 0 amide bonds. The minimum Gasteiger partial charge on any atom is -0.454 e. The van der Waals surface area contributed by atoms with E-state index in [-0.39, 0.29) is 12.2 Å². The Morgan fingerprint density at radius 3 is 2.52 bits per heavy atom. The van der Waals surface area contributed by atoms with Crippen LogP contribution in [0, 0.1) is 0 Å². The number of para-hydroxylation sites is 1. The second-order valence-electron chi connectivity index (χ2n) is 6.75. The summed E-state index contributed by atoms with van der Waals surface area (Å²) < 4.78 is 8.52. The van der Waals surface area contributed by atoms with Crippen LogP contribution in [0.4, 0.5) is 0 Å². The first-order valence-corrected chi connectivity index (χ1v) is 10.4. The topological polar surface area (TPSA) is 78.5 Å². The van der Waals surface area contributed by atoms with Gasteiger partial charge in [0.05, 0.1) is 17.1 Å². The zero-order valence-electron chi connectivity index (χ0n) is 16.2. The molecule has 0 unspecified atom stereocenters. The monoisotopic (exact) mass is 428 g/mol. The first kappa shape index (κ1) is 19.0. The van der Waals surface area contributed by atoms with Crippen molar-refractivity contribution in [3.63, 3.8) is 0 Å². The number of carbonyl (C=O) groups is 1. The molecule has 8 heteroatoms. The van der Waals surface area contributed by atoms with E-state index in [1.165, 1.54) is 21.8 Å². The van der Waals surface area contributed by atoms with Crippen molar-refractivity contribution in [3.05, 3.63) is 106 Å². The van der Waals surface area contributed by atoms with Crippen LogP contribution in [0.5, 0.6) is 0 Å². The van der Waals surface area contributed by atoms with Crippen molar-refractivity contribution < 1.29 is 9.53 Å². The average Bonchev–Trinajstić information content (AvgIpc) is 3.47. The summed E-state index contributed by atoms with van der Waals surface area (Å²) in [6.45, 7) is -0.108. The van der Waals surface area contributed by atoms with Crippen LogP contribution in [0.15, 0.2) is 89.2 Å². The van der Waals surface area contributed by atoms with Gasteiger partial charge in [0.1, 0.15) is 6.61 Å². The molecule has 31 heavy (non-hydrogen) atoms. The summed E-state index contributed by atoms with van der Waals surface area (Å²) in [6, 6.07) is 22.1. The molecule has 0 radical (unpaired) electrons. The molecule has 0 N–H and O–H groups in total. The first-order valence-electron chi connectivity index (χ1n) is 9.53. The van der Waals surface area contributed by atoms with Crippen LogP contribution in [0.25, 0.3) is 21.9 Å². The zero-order valence-corrected chi connectivity index (χ0v) is 17.0. The molecule has 0 aliphatic heterocycles. The van der Waals surface area contributed by atoms with Gasteiger partial charge in [-0.2, -0.15) is 5.10 Å². The van der Waals surface area contributed by atoms with Gasteiger partial charge in [0.25, 0.3) is 5.56 Å². The summed E-state index contributed by atoms with van der Waals surface area (Å²) in [7, 11) is 0. The summed E-state index contributed by atoms with van der Waals surface area (Å²) in [5.74, 6) is -0.549. The molecule has 0 saturated heterocycles. The molecule has 0 saturated carbocycles. The molecule has 0 aliphatic carbocycles. The summed E-state index contributed by atoms with van der Waals surface area (Å²) in [4.78, 5) is 30.0. The molecule has 152 valence electrons. The highest BCUT2D eigenvalue weighted by Crippen LogP contribution is 2.22. The molecule has 0 atom stereocenters. The molecular formula is C23H16N4O3S. The lowest BCUT2D eigenvalue weighted by atomic mass is 10.1. The van der Waals surface area contributed by atoms with Crippen LogP contribution >= 0.6 is 11.3 Å². The third-order valence-electron chi connectivity index (χ3n) is 4.70. The van der Waals surface area contributed by atoms with Gasteiger partial charge in [-0.25, -0.2) is 14.5 Å². The van der Waals surface area contributed by atoms with Crippen molar-refractivity contribution in [1.29, 1.82) is 0 Å². The predicted octanol–water partition coefficient (Wildman–Crippen LogP) is 3.97. The molecule has 2 aromatic carbocycles. The third kappa shape index (κ3) is 3.76. The Kier molecular flexibility index (Phi) is 4.89. The van der Waals surface area contributed by atoms with Crippen LogP contribution in [-0.2, 0) is 11.3 Å². The molecule has 3 heterocycles. The van der Waals surface area contributed by atoms with Crippen molar-refractivity contribution in [2.45, 2.75) is 6.61 Å². The van der Waals surface area contributed by atoms with Crippen molar-refractivity contribution in [1.82, 2.24) is 19.2 Å². The fourth-order valence-electron chi connectivity index (χ4n) is 3.22. The zero-order chi connectivity index (χ0) is 21.2. The molecule has 0 aliphatic rings. The average molecular weight is 428 g/mol. The minimum absolute atomic E-state index is 0.108. The Balaban J connectivity index is 1.47. The van der Waals surface area contributed by atoms with Crippen molar-refractivity contribution in [2.75, 3.05) is 0 Å². The minimum atomic E-state index is -0.549. The Hall–Kier alpha value is -4.04. The molecule has 0 spiro atoms. The predicted molar refractivity (Wildman–Crippen MR) is 117 cm³/mol. The molecule has 5 aromatic rings. The van der Waals surface area contributed by atoms with Crippen LogP contribution < -0.4 is 5.56 Å². The highest BCUT2D eigenvalue weighted by atomic mass is 32.1. The maximum Gasteiger partial charge on any atom is 0.357 e. The number of esters is 1. The fourth-order valence-corrected chi connectivity index (χ4v) is 3.96. The quantitative estimate of drug-likeness (QED) is 0.396. The lowest BCUT2D eigenvalue weighted by molar-refractivity contribution is 0.0457. The number of benzene rings is 2. The van der Waals surface area contributed by atoms with Gasteiger partial charge in [0.15, 0.2) is 10.7 Å². The van der Waals surface area contributed by atoms with Gasteiger partial charge in [0, 0.05) is 23.2 Å². The number of hydrogen-bond donors (Lipinski definition) is 0. The van der Waals surface area contributed by atoms with Gasteiger partial charge in [-0.15, -0.1) is 11.3 Å². The lowest BCUT2D eigenvalue weighted by Crippen LogP contribution is -2.16. The van der Waals surface area contributed by atoms with E-state index in [1.807, 2.05) is 60.7 Å². The summed E-state index contributed by atoms with van der Waals surface area (Å²) >= 11 is 1.34. The van der Waals surface area contributed by atoms with Crippen molar-refractivity contribution in [3.8, 4) is 16.9 Å². The summed E-state index contributed by atoms with van der Waals surface area (Å²) in [5.41, 5.74) is 2.77. The van der Waals surface area contributed by atoms with Gasteiger partial charge in [0.2, 0.25) is 0 Å². The highest BCUT2D eigenvalue weighted by molar-refractivity contribution is 7.15. The lowest BCUT2D eigenvalue weighted by Gasteiger charge is -2.07. The van der Waals surface area contributed by atoms with E-state index in [1.54, 1.807) is 22.3 Å². The van der Waals surface area contributed by atoms with E-state index in [4.69, 9.17) is 4.74 Å². The Morgan fingerprint density at radius 1 is 1.00 bits per heavy atom. The molecule has 3 aromatic heterocycles. The van der Waals surface area contributed by atoms with Gasteiger partial charge >= 0.3 is 5.97 Å². The Morgan fingerprint density at radius 2 is 1.74 bits per heavy atom. The van der Waals surface area contributed by atoms with Gasteiger partial charge in [-0.1, -0.05) is 48.5 Å². The third-order valence-corrected chi connectivity index (χ3v) is 5.45. The SMILES string of the molecule is O=C(OCc1cc(=O)n2ccsc2n1)c1cc(-c2ccccc2)nn1-c1ccccc1. The number of carbonyl (C=O) groups excluding carboxylic acids is 1. The van der Waals surface area contributed by atoms with E-state index < -0.39 is 5.97 Å². The van der Waals surface area contributed by atoms with Crippen LogP contribution in [0.2, 0.25) is 0 Å².